The molecule has 2 N–H and O–H groups in total. The zero-order valence-electron chi connectivity index (χ0n) is 12.9. The van der Waals surface area contributed by atoms with Crippen LogP contribution >= 0.6 is 11.8 Å². The van der Waals surface area contributed by atoms with E-state index < -0.39 is 11.4 Å². The number of fused-ring (bicyclic) bond motifs is 1. The lowest BCUT2D eigenvalue weighted by molar-refractivity contribution is -0.159. The Kier molecular flexibility index (Phi) is 4.50. The van der Waals surface area contributed by atoms with E-state index in [-0.39, 0.29) is 25.1 Å². The summed E-state index contributed by atoms with van der Waals surface area (Å²) >= 11 is 1.60. The van der Waals surface area contributed by atoms with Crippen LogP contribution in [0.2, 0.25) is 0 Å². The van der Waals surface area contributed by atoms with Crippen LogP contribution in [-0.2, 0) is 9.53 Å². The SMILES string of the molecule is CSc1cccc(NC(=O)N2C[C@@H]3CCOC[C@]3(C(=O)O)C2)c1. The van der Waals surface area contributed by atoms with Gasteiger partial charge in [0, 0.05) is 30.3 Å². The fourth-order valence-corrected chi connectivity index (χ4v) is 3.81. The number of thioether (sulfide) groups is 1. The number of hydrogen-bond donors (Lipinski definition) is 2. The monoisotopic (exact) mass is 336 g/mol. The highest BCUT2D eigenvalue weighted by Gasteiger charge is 2.55. The lowest BCUT2D eigenvalue weighted by Crippen LogP contribution is -2.46. The van der Waals surface area contributed by atoms with Gasteiger partial charge in [0.1, 0.15) is 5.41 Å². The van der Waals surface area contributed by atoms with Crippen LogP contribution in [0.5, 0.6) is 0 Å². The zero-order valence-corrected chi connectivity index (χ0v) is 13.8. The molecule has 0 unspecified atom stereocenters. The van der Waals surface area contributed by atoms with Crippen molar-refractivity contribution in [1.82, 2.24) is 4.90 Å². The standard InChI is InChI=1S/C16H20N2O4S/c1-23-13-4-2-3-12(7-13)17-15(21)18-8-11-5-6-22-10-16(11,9-18)14(19)20/h2-4,7,11H,5-6,8-10H2,1H3,(H,17,21)(H,19,20)/t11-,16+/m0/s1. The number of rotatable bonds is 3. The van der Waals surface area contributed by atoms with Gasteiger partial charge in [-0.15, -0.1) is 11.8 Å². The van der Waals surface area contributed by atoms with Crippen LogP contribution in [0.4, 0.5) is 10.5 Å². The zero-order chi connectivity index (χ0) is 16.4. The maximum Gasteiger partial charge on any atom is 0.321 e. The molecular formula is C16H20N2O4S. The van der Waals surface area contributed by atoms with Crippen molar-refractivity contribution >= 4 is 29.4 Å². The second kappa shape index (κ2) is 6.41. The summed E-state index contributed by atoms with van der Waals surface area (Å²) in [7, 11) is 0. The number of carboxylic acid groups (broad SMARTS) is 1. The summed E-state index contributed by atoms with van der Waals surface area (Å²) in [4.78, 5) is 26.9. The molecule has 0 spiro atoms. The first-order chi connectivity index (χ1) is 11.0. The van der Waals surface area contributed by atoms with Crippen molar-refractivity contribution in [3.05, 3.63) is 24.3 Å². The number of ether oxygens (including phenoxy) is 1. The van der Waals surface area contributed by atoms with Gasteiger partial charge in [-0.05, 0) is 36.8 Å². The van der Waals surface area contributed by atoms with E-state index in [0.29, 0.717) is 19.6 Å². The number of urea groups is 1. The second-order valence-corrected chi connectivity index (χ2v) is 6.92. The van der Waals surface area contributed by atoms with E-state index in [9.17, 15) is 14.7 Å². The first kappa shape index (κ1) is 16.1. The normalized spacial score (nSPS) is 26.7. The molecule has 2 saturated heterocycles. The minimum Gasteiger partial charge on any atom is -0.481 e. The van der Waals surface area contributed by atoms with Gasteiger partial charge < -0.3 is 20.1 Å². The molecule has 1 aromatic rings. The van der Waals surface area contributed by atoms with Crippen LogP contribution in [0.15, 0.2) is 29.2 Å². The Balaban J connectivity index is 1.72. The number of likely N-dealkylation sites (tertiary alicyclic amines) is 1. The minimum atomic E-state index is -0.962. The van der Waals surface area contributed by atoms with Crippen molar-refractivity contribution in [1.29, 1.82) is 0 Å². The number of nitrogens with zero attached hydrogens (tertiary/aromatic N) is 1. The predicted octanol–water partition coefficient (Wildman–Crippen LogP) is 2.36. The maximum atomic E-state index is 12.5. The Bertz CT molecular complexity index is 624. The van der Waals surface area contributed by atoms with Crippen molar-refractivity contribution in [2.75, 3.05) is 37.9 Å². The lowest BCUT2D eigenvalue weighted by atomic mass is 9.76. The number of carbonyl (C=O) groups excluding carboxylic acids is 1. The fraction of sp³-hybridized carbons (Fsp3) is 0.500. The van der Waals surface area contributed by atoms with E-state index in [1.165, 1.54) is 0 Å². The molecule has 0 saturated carbocycles. The molecule has 6 nitrogen and oxygen atoms in total. The van der Waals surface area contributed by atoms with Gasteiger partial charge in [0.15, 0.2) is 0 Å². The molecule has 2 heterocycles. The topological polar surface area (TPSA) is 78.9 Å². The molecule has 2 aliphatic rings. The molecule has 7 heteroatoms. The van der Waals surface area contributed by atoms with Crippen molar-refractivity contribution in [2.24, 2.45) is 11.3 Å². The molecule has 2 amide bonds. The molecule has 0 bridgehead atoms. The van der Waals surface area contributed by atoms with Gasteiger partial charge >= 0.3 is 12.0 Å². The number of benzene rings is 1. The lowest BCUT2D eigenvalue weighted by Gasteiger charge is -2.33. The van der Waals surface area contributed by atoms with E-state index >= 15 is 0 Å². The molecule has 0 aliphatic carbocycles. The summed E-state index contributed by atoms with van der Waals surface area (Å²) in [5.74, 6) is -0.918. The molecular weight excluding hydrogens is 316 g/mol. The highest BCUT2D eigenvalue weighted by molar-refractivity contribution is 7.98. The van der Waals surface area contributed by atoms with Crippen molar-refractivity contribution in [2.45, 2.75) is 11.3 Å². The number of amides is 2. The van der Waals surface area contributed by atoms with Crippen LogP contribution in [0.3, 0.4) is 0 Å². The molecule has 2 fully saturated rings. The summed E-state index contributed by atoms with van der Waals surface area (Å²) in [6.07, 6.45) is 2.65. The Morgan fingerprint density at radius 2 is 2.30 bits per heavy atom. The minimum absolute atomic E-state index is 0.0444. The molecule has 23 heavy (non-hydrogen) atoms. The molecule has 2 aliphatic heterocycles. The van der Waals surface area contributed by atoms with Crippen LogP contribution in [0.25, 0.3) is 0 Å². The van der Waals surface area contributed by atoms with E-state index in [1.54, 1.807) is 16.7 Å². The fourth-order valence-electron chi connectivity index (χ4n) is 3.35. The summed E-state index contributed by atoms with van der Waals surface area (Å²) in [5, 5.41) is 12.5. The smallest absolute Gasteiger partial charge is 0.321 e. The van der Waals surface area contributed by atoms with Crippen LogP contribution in [-0.4, -0.2) is 54.6 Å². The number of hydrogen-bond acceptors (Lipinski definition) is 4. The van der Waals surface area contributed by atoms with Crippen molar-refractivity contribution in [3.63, 3.8) is 0 Å². The van der Waals surface area contributed by atoms with Crippen LogP contribution in [0.1, 0.15) is 6.42 Å². The number of anilines is 1. The van der Waals surface area contributed by atoms with Gasteiger partial charge in [0.05, 0.1) is 6.61 Å². The molecule has 2 atom stereocenters. The van der Waals surface area contributed by atoms with Crippen LogP contribution in [0, 0.1) is 11.3 Å². The van der Waals surface area contributed by atoms with Gasteiger partial charge in [0.2, 0.25) is 0 Å². The van der Waals surface area contributed by atoms with Crippen molar-refractivity contribution in [3.8, 4) is 0 Å². The van der Waals surface area contributed by atoms with E-state index in [0.717, 1.165) is 10.6 Å². The summed E-state index contributed by atoms with van der Waals surface area (Å²) < 4.78 is 5.38. The predicted molar refractivity (Wildman–Crippen MR) is 87.8 cm³/mol. The highest BCUT2D eigenvalue weighted by Crippen LogP contribution is 2.41. The average molecular weight is 336 g/mol. The first-order valence-corrected chi connectivity index (χ1v) is 8.79. The number of carbonyl (C=O) groups is 2. The molecule has 0 radical (unpaired) electrons. The van der Waals surface area contributed by atoms with Gasteiger partial charge in [-0.1, -0.05) is 6.07 Å². The molecule has 1 aromatic carbocycles. The first-order valence-electron chi connectivity index (χ1n) is 7.56. The molecule has 0 aromatic heterocycles. The summed E-state index contributed by atoms with van der Waals surface area (Å²) in [5.41, 5.74) is -0.242. The van der Waals surface area contributed by atoms with Gasteiger partial charge in [-0.25, -0.2) is 4.79 Å². The highest BCUT2D eigenvalue weighted by atomic mass is 32.2. The third-order valence-electron chi connectivity index (χ3n) is 4.70. The Labute approximate surface area is 139 Å². The maximum absolute atomic E-state index is 12.5. The number of aliphatic carboxylic acids is 1. The van der Waals surface area contributed by atoms with E-state index in [1.807, 2.05) is 30.5 Å². The van der Waals surface area contributed by atoms with Gasteiger partial charge in [0.25, 0.3) is 0 Å². The third kappa shape index (κ3) is 3.03. The van der Waals surface area contributed by atoms with Gasteiger partial charge in [-0.3, -0.25) is 4.79 Å². The number of nitrogens with one attached hydrogen (secondary N) is 1. The Morgan fingerprint density at radius 3 is 3.00 bits per heavy atom. The van der Waals surface area contributed by atoms with Crippen LogP contribution < -0.4 is 5.32 Å². The molecule has 124 valence electrons. The third-order valence-corrected chi connectivity index (χ3v) is 5.43. The van der Waals surface area contributed by atoms with Gasteiger partial charge in [-0.2, -0.15) is 0 Å². The van der Waals surface area contributed by atoms with E-state index in [2.05, 4.69) is 5.32 Å². The summed E-state index contributed by atoms with van der Waals surface area (Å²) in [6.45, 7) is 1.40. The Hall–Kier alpha value is -1.73. The Morgan fingerprint density at radius 1 is 1.48 bits per heavy atom. The van der Waals surface area contributed by atoms with Crippen molar-refractivity contribution < 1.29 is 19.4 Å². The average Bonchev–Trinajstić information content (AvgIpc) is 2.96. The largest absolute Gasteiger partial charge is 0.481 e. The second-order valence-electron chi connectivity index (χ2n) is 6.04. The number of carboxylic acids is 1. The molecule has 3 rings (SSSR count). The quantitative estimate of drug-likeness (QED) is 0.829. The van der Waals surface area contributed by atoms with E-state index in [4.69, 9.17) is 4.74 Å². The summed E-state index contributed by atoms with van der Waals surface area (Å²) in [6, 6.07) is 7.34.